The van der Waals surface area contributed by atoms with Crippen molar-refractivity contribution in [2.24, 2.45) is 5.73 Å². The molecule has 0 unspecified atom stereocenters. The number of carbonyl (C=O) groups is 2. The molecule has 0 atom stereocenters. The molecular formula is C16H15N3O4. The van der Waals surface area contributed by atoms with Crippen molar-refractivity contribution < 1.29 is 14.5 Å². The van der Waals surface area contributed by atoms with Crippen LogP contribution in [0, 0.1) is 10.1 Å². The number of nitrogens with zero attached hydrogens (tertiary/aromatic N) is 1. The molecule has 0 radical (unpaired) electrons. The molecule has 2 aromatic carbocycles. The van der Waals surface area contributed by atoms with Crippen LogP contribution in [-0.4, -0.2) is 23.8 Å². The van der Waals surface area contributed by atoms with Gasteiger partial charge in [-0.05, 0) is 22.8 Å². The molecule has 0 aliphatic carbocycles. The molecule has 0 heterocycles. The van der Waals surface area contributed by atoms with Gasteiger partial charge in [0.15, 0.2) is 0 Å². The van der Waals surface area contributed by atoms with Gasteiger partial charge < -0.3 is 11.1 Å². The van der Waals surface area contributed by atoms with E-state index in [1.807, 2.05) is 0 Å². The maximum absolute atomic E-state index is 11.3. The number of amides is 2. The number of nitrogens with two attached hydrogens (primary N) is 1. The molecule has 2 amide bonds. The first kappa shape index (κ1) is 16.2. The molecule has 2 rings (SSSR count). The molecule has 118 valence electrons. The third-order valence-electron chi connectivity index (χ3n) is 3.34. The van der Waals surface area contributed by atoms with Crippen LogP contribution in [0.5, 0.6) is 0 Å². The number of benzene rings is 2. The van der Waals surface area contributed by atoms with Gasteiger partial charge in [-0.25, -0.2) is 0 Å². The molecule has 7 nitrogen and oxygen atoms in total. The van der Waals surface area contributed by atoms with Gasteiger partial charge in [0.25, 0.3) is 5.69 Å². The van der Waals surface area contributed by atoms with Crippen molar-refractivity contribution in [3.63, 3.8) is 0 Å². The average Bonchev–Trinajstić information content (AvgIpc) is 2.54. The van der Waals surface area contributed by atoms with Gasteiger partial charge in [0, 0.05) is 24.7 Å². The van der Waals surface area contributed by atoms with Gasteiger partial charge in [-0.1, -0.05) is 24.3 Å². The number of primary amides is 1. The van der Waals surface area contributed by atoms with Crippen LogP contribution >= 0.6 is 0 Å². The number of hydrogen-bond donors (Lipinski definition) is 2. The van der Waals surface area contributed by atoms with Crippen molar-refractivity contribution >= 4 is 17.5 Å². The summed E-state index contributed by atoms with van der Waals surface area (Å²) in [6.07, 6.45) is 0.248. The molecule has 0 aliphatic rings. The minimum atomic E-state index is -0.730. The summed E-state index contributed by atoms with van der Waals surface area (Å²) >= 11 is 0. The molecule has 0 aliphatic heterocycles. The largest absolute Gasteiger partial charge is 0.366 e. The Labute approximate surface area is 132 Å². The second-order valence-electron chi connectivity index (χ2n) is 4.94. The molecule has 0 aromatic heterocycles. The fourth-order valence-electron chi connectivity index (χ4n) is 2.11. The predicted octanol–water partition coefficient (Wildman–Crippen LogP) is 1.65. The van der Waals surface area contributed by atoms with Crippen molar-refractivity contribution in [3.05, 3.63) is 63.7 Å². The summed E-state index contributed by atoms with van der Waals surface area (Å²) in [4.78, 5) is 33.1. The molecule has 7 heteroatoms. The zero-order valence-electron chi connectivity index (χ0n) is 12.4. The van der Waals surface area contributed by atoms with E-state index in [1.165, 1.54) is 12.1 Å². The van der Waals surface area contributed by atoms with E-state index in [2.05, 4.69) is 5.32 Å². The summed E-state index contributed by atoms with van der Waals surface area (Å²) in [7, 11) is 1.56. The Bertz CT molecular complexity index is 737. The number of non-ortho nitro benzene ring substituents is 1. The number of carbonyl (C=O) groups excluding carboxylic acids is 2. The summed E-state index contributed by atoms with van der Waals surface area (Å²) in [5.41, 5.74) is 7.11. The van der Waals surface area contributed by atoms with E-state index in [9.17, 15) is 19.7 Å². The van der Waals surface area contributed by atoms with Crippen LogP contribution in [0.15, 0.2) is 42.5 Å². The van der Waals surface area contributed by atoms with Gasteiger partial charge in [-0.3, -0.25) is 19.7 Å². The predicted molar refractivity (Wildman–Crippen MR) is 84.8 cm³/mol. The van der Waals surface area contributed by atoms with E-state index in [0.29, 0.717) is 11.1 Å². The Balaban J connectivity index is 2.39. The molecule has 3 N–H and O–H groups in total. The lowest BCUT2D eigenvalue weighted by molar-refractivity contribution is -0.384. The van der Waals surface area contributed by atoms with E-state index in [1.54, 1.807) is 31.3 Å². The van der Waals surface area contributed by atoms with Crippen LogP contribution in [0.25, 0.3) is 11.1 Å². The second-order valence-corrected chi connectivity index (χ2v) is 4.94. The summed E-state index contributed by atoms with van der Waals surface area (Å²) in [5, 5.41) is 13.5. The fourth-order valence-corrected chi connectivity index (χ4v) is 2.11. The molecule has 0 saturated heterocycles. The summed E-state index contributed by atoms with van der Waals surface area (Å²) in [6, 6.07) is 11.0. The topological polar surface area (TPSA) is 115 Å². The highest BCUT2D eigenvalue weighted by molar-refractivity contribution is 5.95. The summed E-state index contributed by atoms with van der Waals surface area (Å²) in [5.74, 6) is -0.838. The van der Waals surface area contributed by atoms with Gasteiger partial charge in [0.2, 0.25) is 11.8 Å². The van der Waals surface area contributed by atoms with Crippen LogP contribution < -0.4 is 11.1 Å². The van der Waals surface area contributed by atoms with Gasteiger partial charge in [-0.15, -0.1) is 0 Å². The third kappa shape index (κ3) is 3.91. The number of hydrogen-bond acceptors (Lipinski definition) is 4. The monoisotopic (exact) mass is 313 g/mol. The highest BCUT2D eigenvalue weighted by Gasteiger charge is 2.13. The zero-order valence-corrected chi connectivity index (χ0v) is 12.4. The van der Waals surface area contributed by atoms with Crippen LogP contribution in [0.1, 0.15) is 15.9 Å². The summed E-state index contributed by atoms with van der Waals surface area (Å²) in [6.45, 7) is 0. The normalized spacial score (nSPS) is 10.1. The lowest BCUT2D eigenvalue weighted by Gasteiger charge is -2.06. The lowest BCUT2D eigenvalue weighted by Crippen LogP contribution is -2.19. The van der Waals surface area contributed by atoms with Crippen LogP contribution in [-0.2, 0) is 11.2 Å². The molecule has 0 fully saturated rings. The Morgan fingerprint density at radius 3 is 2.30 bits per heavy atom. The fraction of sp³-hybridized carbons (Fsp3) is 0.125. The van der Waals surface area contributed by atoms with Crippen molar-refractivity contribution in [2.45, 2.75) is 6.42 Å². The molecule has 0 spiro atoms. The molecule has 23 heavy (non-hydrogen) atoms. The first-order valence-electron chi connectivity index (χ1n) is 6.80. The second kappa shape index (κ2) is 6.69. The van der Waals surface area contributed by atoms with E-state index in [-0.39, 0.29) is 23.6 Å². The Morgan fingerprint density at radius 1 is 1.13 bits per heavy atom. The van der Waals surface area contributed by atoms with Gasteiger partial charge in [-0.2, -0.15) is 0 Å². The van der Waals surface area contributed by atoms with Gasteiger partial charge in [0.1, 0.15) is 0 Å². The Kier molecular flexibility index (Phi) is 4.70. The number of likely N-dealkylation sites (N-methyl/N-ethyl adjacent to an activating group) is 1. The van der Waals surface area contributed by atoms with E-state index >= 15 is 0 Å². The molecule has 2 aromatic rings. The molecule has 0 saturated carbocycles. The van der Waals surface area contributed by atoms with Crippen LogP contribution in [0.2, 0.25) is 0 Å². The summed E-state index contributed by atoms with van der Waals surface area (Å²) < 4.78 is 0. The first-order chi connectivity index (χ1) is 10.9. The standard InChI is InChI=1S/C16H15N3O4/c1-18-15(20)6-10-2-4-11(5-3-10)12-7-13(16(17)21)9-14(8-12)19(22)23/h2-5,7-9H,6H2,1H3,(H2,17,21)(H,18,20). The van der Waals surface area contributed by atoms with Gasteiger partial charge in [0.05, 0.1) is 11.3 Å². The number of nitro benzene ring substituents is 1. The number of nitrogens with one attached hydrogen (secondary N) is 1. The van der Waals surface area contributed by atoms with Crippen molar-refractivity contribution in [2.75, 3.05) is 7.05 Å². The van der Waals surface area contributed by atoms with Crippen LogP contribution in [0.4, 0.5) is 5.69 Å². The maximum atomic E-state index is 11.3. The van der Waals surface area contributed by atoms with Gasteiger partial charge >= 0.3 is 0 Å². The Morgan fingerprint density at radius 2 is 1.78 bits per heavy atom. The number of rotatable bonds is 5. The van der Waals surface area contributed by atoms with Crippen molar-refractivity contribution in [1.29, 1.82) is 0 Å². The highest BCUT2D eigenvalue weighted by Crippen LogP contribution is 2.26. The SMILES string of the molecule is CNC(=O)Cc1ccc(-c2cc(C(N)=O)cc([N+](=O)[O-])c2)cc1. The van der Waals surface area contributed by atoms with E-state index in [4.69, 9.17) is 5.73 Å². The smallest absolute Gasteiger partial charge is 0.270 e. The Hall–Kier alpha value is -3.22. The zero-order chi connectivity index (χ0) is 17.0. The first-order valence-corrected chi connectivity index (χ1v) is 6.80. The minimum Gasteiger partial charge on any atom is -0.366 e. The highest BCUT2D eigenvalue weighted by atomic mass is 16.6. The average molecular weight is 313 g/mol. The quantitative estimate of drug-likeness (QED) is 0.645. The van der Waals surface area contributed by atoms with E-state index < -0.39 is 10.8 Å². The van der Waals surface area contributed by atoms with E-state index in [0.717, 1.165) is 11.6 Å². The van der Waals surface area contributed by atoms with Crippen molar-refractivity contribution in [1.82, 2.24) is 5.32 Å². The minimum absolute atomic E-state index is 0.0728. The maximum Gasteiger partial charge on any atom is 0.270 e. The third-order valence-corrected chi connectivity index (χ3v) is 3.34. The molecule has 0 bridgehead atoms. The van der Waals surface area contributed by atoms with Crippen LogP contribution in [0.3, 0.4) is 0 Å². The van der Waals surface area contributed by atoms with Crippen molar-refractivity contribution in [3.8, 4) is 11.1 Å². The molecular weight excluding hydrogens is 298 g/mol. The lowest BCUT2D eigenvalue weighted by atomic mass is 10.00. The number of nitro groups is 1.